The van der Waals surface area contributed by atoms with Crippen LogP contribution >= 0.6 is 0 Å². The van der Waals surface area contributed by atoms with Crippen molar-refractivity contribution in [3.63, 3.8) is 0 Å². The average Bonchev–Trinajstić information content (AvgIpc) is 2.16. The number of benzene rings is 1. The quantitative estimate of drug-likeness (QED) is 0.673. The summed E-state index contributed by atoms with van der Waals surface area (Å²) in [5.74, 6) is 0. The summed E-state index contributed by atoms with van der Waals surface area (Å²) in [5, 5.41) is 8.83. The van der Waals surface area contributed by atoms with Crippen LogP contribution < -0.4 is 10.6 Å². The second kappa shape index (κ2) is 3.07. The van der Waals surface area contributed by atoms with Crippen molar-refractivity contribution in [2.75, 3.05) is 0 Å². The average molecular weight is 211 g/mol. The number of hydrogen-bond acceptors (Lipinski definition) is 4. The molecule has 1 aliphatic rings. The molecule has 5 nitrogen and oxygen atoms in total. The minimum absolute atomic E-state index is 0.115. The normalized spacial score (nSPS) is 14.6. The van der Waals surface area contributed by atoms with Gasteiger partial charge in [0.05, 0.1) is 17.7 Å². The molecule has 1 aromatic carbocycles. The van der Waals surface area contributed by atoms with Crippen LogP contribution in [-0.4, -0.2) is 14.6 Å². The van der Waals surface area contributed by atoms with Crippen molar-refractivity contribution in [3.8, 4) is 0 Å². The van der Waals surface area contributed by atoms with Crippen molar-refractivity contribution < 1.29 is 8.42 Å². The smallest absolute Gasteiger partial charge is 0.238 e. The number of nitrogens with one attached hydrogen (secondary N) is 1. The predicted molar refractivity (Wildman–Crippen MR) is 52.2 cm³/mol. The standard InChI is InChI=1S/C8H9N3O2S/c9-14(12,13)8-2-1-6-4-10-11-5-7(6)3-8/h1-3,5,10H,4H2,(H2,9,12,13). The zero-order valence-corrected chi connectivity index (χ0v) is 8.08. The molecule has 0 saturated carbocycles. The summed E-state index contributed by atoms with van der Waals surface area (Å²) in [6.45, 7) is 0.608. The fourth-order valence-corrected chi connectivity index (χ4v) is 1.83. The summed E-state index contributed by atoms with van der Waals surface area (Å²) < 4.78 is 22.1. The summed E-state index contributed by atoms with van der Waals surface area (Å²) in [5.41, 5.74) is 4.58. The molecule has 0 atom stereocenters. The van der Waals surface area contributed by atoms with Crippen LogP contribution in [0.15, 0.2) is 28.2 Å². The Balaban J connectivity index is 2.56. The van der Waals surface area contributed by atoms with Crippen molar-refractivity contribution in [3.05, 3.63) is 29.3 Å². The number of primary sulfonamides is 1. The summed E-state index contributed by atoms with van der Waals surface area (Å²) in [6, 6.07) is 4.75. The van der Waals surface area contributed by atoms with Crippen molar-refractivity contribution in [1.82, 2.24) is 5.43 Å². The van der Waals surface area contributed by atoms with Gasteiger partial charge in [-0.15, -0.1) is 0 Å². The van der Waals surface area contributed by atoms with Gasteiger partial charge in [-0.25, -0.2) is 13.6 Å². The predicted octanol–water partition coefficient (Wildman–Crippen LogP) is -0.229. The van der Waals surface area contributed by atoms with Crippen LogP contribution in [0.25, 0.3) is 0 Å². The van der Waals surface area contributed by atoms with E-state index in [1.54, 1.807) is 12.3 Å². The minimum Gasteiger partial charge on any atom is -0.306 e. The summed E-state index contributed by atoms with van der Waals surface area (Å²) in [7, 11) is -3.62. The van der Waals surface area contributed by atoms with Gasteiger partial charge >= 0.3 is 0 Å². The molecular weight excluding hydrogens is 202 g/mol. The van der Waals surface area contributed by atoms with Crippen LogP contribution in [0, 0.1) is 0 Å². The van der Waals surface area contributed by atoms with Gasteiger partial charge in [-0.2, -0.15) is 5.10 Å². The molecule has 0 unspecified atom stereocenters. The summed E-state index contributed by atoms with van der Waals surface area (Å²) in [6.07, 6.45) is 1.58. The van der Waals surface area contributed by atoms with Crippen molar-refractivity contribution in [2.45, 2.75) is 11.4 Å². The zero-order valence-electron chi connectivity index (χ0n) is 7.27. The Labute approximate surface area is 81.7 Å². The molecule has 0 saturated heterocycles. The Morgan fingerprint density at radius 3 is 2.93 bits per heavy atom. The third kappa shape index (κ3) is 1.61. The number of sulfonamides is 1. The number of hydrogen-bond donors (Lipinski definition) is 2. The van der Waals surface area contributed by atoms with Crippen LogP contribution in [0.3, 0.4) is 0 Å². The topological polar surface area (TPSA) is 84.6 Å². The number of rotatable bonds is 1. The Morgan fingerprint density at radius 2 is 2.21 bits per heavy atom. The molecule has 0 fully saturated rings. The number of nitrogens with two attached hydrogens (primary N) is 1. The van der Waals surface area contributed by atoms with E-state index in [-0.39, 0.29) is 4.90 Å². The third-order valence-corrected chi connectivity index (χ3v) is 2.92. The lowest BCUT2D eigenvalue weighted by Crippen LogP contribution is -2.16. The Hall–Kier alpha value is -1.40. The Bertz CT molecular complexity index is 493. The van der Waals surface area contributed by atoms with Gasteiger partial charge in [0.25, 0.3) is 0 Å². The van der Waals surface area contributed by atoms with E-state index < -0.39 is 10.0 Å². The van der Waals surface area contributed by atoms with E-state index in [0.29, 0.717) is 6.54 Å². The molecule has 74 valence electrons. The first kappa shape index (κ1) is 9.17. The molecule has 0 bridgehead atoms. The second-order valence-corrected chi connectivity index (χ2v) is 4.56. The van der Waals surface area contributed by atoms with Crippen molar-refractivity contribution in [2.24, 2.45) is 10.2 Å². The lowest BCUT2D eigenvalue weighted by molar-refractivity contribution is 0.597. The highest BCUT2D eigenvalue weighted by molar-refractivity contribution is 7.89. The lowest BCUT2D eigenvalue weighted by atomic mass is 10.1. The highest BCUT2D eigenvalue weighted by Crippen LogP contribution is 2.15. The van der Waals surface area contributed by atoms with E-state index in [0.717, 1.165) is 11.1 Å². The third-order valence-electron chi connectivity index (χ3n) is 2.01. The molecular formula is C8H9N3O2S. The van der Waals surface area contributed by atoms with Gasteiger partial charge in [0.1, 0.15) is 0 Å². The number of nitrogens with zero attached hydrogens (tertiary/aromatic N) is 1. The minimum atomic E-state index is -3.62. The first-order valence-electron chi connectivity index (χ1n) is 3.99. The van der Waals surface area contributed by atoms with Gasteiger partial charge in [-0.3, -0.25) is 0 Å². The van der Waals surface area contributed by atoms with E-state index >= 15 is 0 Å². The first-order valence-corrected chi connectivity index (χ1v) is 5.54. The van der Waals surface area contributed by atoms with Crippen LogP contribution in [0.5, 0.6) is 0 Å². The van der Waals surface area contributed by atoms with Gasteiger partial charge in [0, 0.05) is 5.56 Å². The first-order chi connectivity index (χ1) is 6.57. The molecule has 0 radical (unpaired) electrons. The maximum Gasteiger partial charge on any atom is 0.238 e. The van der Waals surface area contributed by atoms with Crippen molar-refractivity contribution in [1.29, 1.82) is 0 Å². The number of hydrazone groups is 1. The maximum atomic E-state index is 11.0. The largest absolute Gasteiger partial charge is 0.306 e. The number of fused-ring (bicyclic) bond motifs is 1. The molecule has 2 rings (SSSR count). The van der Waals surface area contributed by atoms with Crippen LogP contribution in [-0.2, 0) is 16.6 Å². The Kier molecular flexibility index (Phi) is 2.01. The SMILES string of the molecule is NS(=O)(=O)c1ccc2c(c1)C=NNC2. The van der Waals surface area contributed by atoms with E-state index in [9.17, 15) is 8.42 Å². The van der Waals surface area contributed by atoms with E-state index in [4.69, 9.17) is 5.14 Å². The lowest BCUT2D eigenvalue weighted by Gasteiger charge is -2.11. The Morgan fingerprint density at radius 1 is 1.43 bits per heavy atom. The molecule has 3 N–H and O–H groups in total. The van der Waals surface area contributed by atoms with Gasteiger partial charge < -0.3 is 5.43 Å². The fourth-order valence-electron chi connectivity index (χ4n) is 1.28. The van der Waals surface area contributed by atoms with Gasteiger partial charge in [0.2, 0.25) is 10.0 Å². The van der Waals surface area contributed by atoms with E-state index in [1.165, 1.54) is 12.1 Å². The molecule has 1 aromatic rings. The summed E-state index contributed by atoms with van der Waals surface area (Å²) in [4.78, 5) is 0.115. The van der Waals surface area contributed by atoms with Crippen LogP contribution in [0.4, 0.5) is 0 Å². The molecule has 1 aliphatic heterocycles. The van der Waals surface area contributed by atoms with Gasteiger partial charge in [-0.1, -0.05) is 6.07 Å². The molecule has 0 aliphatic carbocycles. The summed E-state index contributed by atoms with van der Waals surface area (Å²) >= 11 is 0. The highest BCUT2D eigenvalue weighted by atomic mass is 32.2. The van der Waals surface area contributed by atoms with Crippen LogP contribution in [0.2, 0.25) is 0 Å². The van der Waals surface area contributed by atoms with Crippen molar-refractivity contribution >= 4 is 16.2 Å². The zero-order chi connectivity index (χ0) is 10.2. The molecule has 0 amide bonds. The fraction of sp³-hybridized carbons (Fsp3) is 0.125. The molecule has 1 heterocycles. The maximum absolute atomic E-state index is 11.0. The highest BCUT2D eigenvalue weighted by Gasteiger charge is 2.11. The van der Waals surface area contributed by atoms with Gasteiger partial charge in [0.15, 0.2) is 0 Å². The van der Waals surface area contributed by atoms with Gasteiger partial charge in [-0.05, 0) is 17.7 Å². The molecule has 14 heavy (non-hydrogen) atoms. The monoisotopic (exact) mass is 211 g/mol. The van der Waals surface area contributed by atoms with Crippen LogP contribution in [0.1, 0.15) is 11.1 Å². The van der Waals surface area contributed by atoms with E-state index in [1.807, 2.05) is 0 Å². The molecule has 0 spiro atoms. The molecule has 0 aromatic heterocycles. The second-order valence-electron chi connectivity index (χ2n) is 3.00. The van der Waals surface area contributed by atoms with E-state index in [2.05, 4.69) is 10.5 Å². The molecule has 6 heteroatoms.